The first-order valence-corrected chi connectivity index (χ1v) is 13.5. The Morgan fingerprint density at radius 2 is 0.769 bits per heavy atom. The van der Waals surface area contributed by atoms with Gasteiger partial charge in [-0.15, -0.1) is 0 Å². The molecule has 7 aromatic rings. The third-order valence-corrected chi connectivity index (χ3v) is 8.46. The highest BCUT2D eigenvalue weighted by molar-refractivity contribution is 6.36. The number of hydrogen-bond donors (Lipinski definition) is 1. The molecule has 9 rings (SSSR count). The summed E-state index contributed by atoms with van der Waals surface area (Å²) in [6.07, 6.45) is 0. The van der Waals surface area contributed by atoms with Gasteiger partial charge < -0.3 is 4.98 Å². The van der Waals surface area contributed by atoms with Crippen LogP contribution in [0.3, 0.4) is 0 Å². The molecule has 0 unspecified atom stereocenters. The van der Waals surface area contributed by atoms with E-state index in [9.17, 15) is 0 Å². The van der Waals surface area contributed by atoms with Crippen molar-refractivity contribution in [3.8, 4) is 0 Å². The highest BCUT2D eigenvalue weighted by Crippen LogP contribution is 2.59. The fraction of sp³-hybridized carbons (Fsp3) is 0. The van der Waals surface area contributed by atoms with Gasteiger partial charge >= 0.3 is 0 Å². The Hall–Kier alpha value is -5.14. The predicted molar refractivity (Wildman–Crippen MR) is 164 cm³/mol. The maximum Gasteiger partial charge on any atom is 0.0477 e. The Kier molecular flexibility index (Phi) is 4.11. The summed E-state index contributed by atoms with van der Waals surface area (Å²) in [5.74, 6) is 0. The zero-order valence-electron chi connectivity index (χ0n) is 21.2. The van der Waals surface area contributed by atoms with Crippen molar-refractivity contribution < 1.29 is 0 Å². The Balaban J connectivity index is 1.48. The van der Waals surface area contributed by atoms with Crippen LogP contribution in [0, 0.1) is 0 Å². The van der Waals surface area contributed by atoms with Gasteiger partial charge in [0.2, 0.25) is 0 Å². The van der Waals surface area contributed by atoms with E-state index in [0.29, 0.717) is 0 Å². The molecule has 0 bridgehead atoms. The number of nitrogens with one attached hydrogen (secondary N) is 1. The van der Waals surface area contributed by atoms with Gasteiger partial charge in [-0.2, -0.15) is 0 Å². The van der Waals surface area contributed by atoms with E-state index < -0.39 is 0 Å². The minimum absolute atomic E-state index is 1.17. The van der Waals surface area contributed by atoms with Crippen LogP contribution in [0.25, 0.3) is 54.7 Å². The fourth-order valence-corrected chi connectivity index (χ4v) is 6.76. The second kappa shape index (κ2) is 7.69. The number of hydrogen-bond acceptors (Lipinski definition) is 0. The first-order valence-electron chi connectivity index (χ1n) is 13.5. The van der Waals surface area contributed by atoms with Gasteiger partial charge in [0.25, 0.3) is 0 Å². The average Bonchev–Trinajstić information content (AvgIpc) is 3.65. The minimum Gasteiger partial charge on any atom is -0.354 e. The molecule has 1 heterocycles. The molecule has 0 amide bonds. The standard InChI is InChI=1S/C38H23N/c1-2-10-23(11-3-1)35-29-18-24-12-4-6-14-26(24)20-31(29)38-36(34-22-28-16-8-9-17-33(28)39-34)30-19-25-13-5-7-15-27(25)21-32(30)37(35)38/h1-22,39H. The van der Waals surface area contributed by atoms with Crippen molar-refractivity contribution in [2.75, 3.05) is 0 Å². The molecule has 39 heavy (non-hydrogen) atoms. The molecule has 0 atom stereocenters. The maximum absolute atomic E-state index is 3.78. The predicted octanol–water partition coefficient (Wildman–Crippen LogP) is 9.72. The summed E-state index contributed by atoms with van der Waals surface area (Å²) >= 11 is 0. The van der Waals surface area contributed by atoms with Crippen LogP contribution in [-0.2, 0) is 0 Å². The molecule has 0 fully saturated rings. The molecule has 2 aliphatic rings. The van der Waals surface area contributed by atoms with E-state index in [-0.39, 0.29) is 0 Å². The summed E-state index contributed by atoms with van der Waals surface area (Å²) in [5, 5.41) is 6.33. The molecule has 6 aromatic carbocycles. The van der Waals surface area contributed by atoms with Gasteiger partial charge in [0.1, 0.15) is 0 Å². The summed E-state index contributed by atoms with van der Waals surface area (Å²) in [6, 6.07) is 48.9. The monoisotopic (exact) mass is 493 g/mol. The van der Waals surface area contributed by atoms with Gasteiger partial charge in [-0.05, 0) is 96.9 Å². The van der Waals surface area contributed by atoms with Crippen molar-refractivity contribution in [1.29, 1.82) is 0 Å². The van der Waals surface area contributed by atoms with Crippen LogP contribution in [0.1, 0.15) is 33.5 Å². The van der Waals surface area contributed by atoms with Gasteiger partial charge in [0, 0.05) is 27.7 Å². The van der Waals surface area contributed by atoms with Crippen molar-refractivity contribution in [2.24, 2.45) is 0 Å². The van der Waals surface area contributed by atoms with Crippen LogP contribution in [0.5, 0.6) is 0 Å². The summed E-state index contributed by atoms with van der Waals surface area (Å²) < 4.78 is 0. The molecule has 180 valence electrons. The molecule has 2 aliphatic carbocycles. The van der Waals surface area contributed by atoms with Gasteiger partial charge in [0.15, 0.2) is 0 Å². The zero-order chi connectivity index (χ0) is 25.5. The zero-order valence-corrected chi connectivity index (χ0v) is 21.2. The van der Waals surface area contributed by atoms with Crippen LogP contribution in [0.2, 0.25) is 0 Å². The van der Waals surface area contributed by atoms with Crippen LogP contribution < -0.4 is 0 Å². The highest BCUT2D eigenvalue weighted by Gasteiger charge is 2.38. The number of benzene rings is 6. The quantitative estimate of drug-likeness (QED) is 0.247. The lowest BCUT2D eigenvalue weighted by Gasteiger charge is -2.13. The average molecular weight is 494 g/mol. The first kappa shape index (κ1) is 20.9. The van der Waals surface area contributed by atoms with E-state index in [1.54, 1.807) is 0 Å². The topological polar surface area (TPSA) is 15.8 Å². The van der Waals surface area contributed by atoms with Gasteiger partial charge in [0.05, 0.1) is 0 Å². The molecule has 1 heteroatoms. The van der Waals surface area contributed by atoms with Crippen molar-refractivity contribution in [3.63, 3.8) is 0 Å². The molecule has 0 saturated carbocycles. The third-order valence-electron chi connectivity index (χ3n) is 8.46. The number of allylic oxidation sites excluding steroid dienone is 2. The summed E-state index contributed by atoms with van der Waals surface area (Å²) in [7, 11) is 0. The maximum atomic E-state index is 3.78. The molecule has 0 saturated heterocycles. The van der Waals surface area contributed by atoms with E-state index in [1.165, 1.54) is 88.3 Å². The van der Waals surface area contributed by atoms with Crippen LogP contribution in [-0.4, -0.2) is 4.98 Å². The van der Waals surface area contributed by atoms with E-state index in [2.05, 4.69) is 138 Å². The number of para-hydroxylation sites is 1. The molecule has 1 N–H and O–H groups in total. The molecule has 0 aliphatic heterocycles. The summed E-state index contributed by atoms with van der Waals surface area (Å²) in [4.78, 5) is 3.78. The number of rotatable bonds is 2. The Bertz CT molecular complexity index is 2170. The van der Waals surface area contributed by atoms with Gasteiger partial charge in [-0.3, -0.25) is 0 Å². The molecular weight excluding hydrogens is 470 g/mol. The van der Waals surface area contributed by atoms with Crippen molar-refractivity contribution in [1.82, 2.24) is 4.98 Å². The lowest BCUT2D eigenvalue weighted by molar-refractivity contribution is 1.40. The van der Waals surface area contributed by atoms with Gasteiger partial charge in [-0.25, -0.2) is 0 Å². The van der Waals surface area contributed by atoms with Crippen LogP contribution in [0.4, 0.5) is 0 Å². The summed E-state index contributed by atoms with van der Waals surface area (Å²) in [5.41, 5.74) is 14.2. The highest BCUT2D eigenvalue weighted by atomic mass is 14.7. The Morgan fingerprint density at radius 1 is 0.333 bits per heavy atom. The largest absolute Gasteiger partial charge is 0.354 e. The van der Waals surface area contributed by atoms with Gasteiger partial charge in [-0.1, -0.05) is 97.1 Å². The van der Waals surface area contributed by atoms with E-state index >= 15 is 0 Å². The van der Waals surface area contributed by atoms with Crippen molar-refractivity contribution >= 4 is 54.7 Å². The van der Waals surface area contributed by atoms with Crippen LogP contribution in [0.15, 0.2) is 133 Å². The molecular formula is C38H23N. The van der Waals surface area contributed by atoms with E-state index in [4.69, 9.17) is 0 Å². The van der Waals surface area contributed by atoms with Crippen molar-refractivity contribution in [3.05, 3.63) is 167 Å². The molecule has 0 spiro atoms. The molecule has 1 nitrogen and oxygen atoms in total. The smallest absolute Gasteiger partial charge is 0.0477 e. The molecule has 0 radical (unpaired) electrons. The lowest BCUT2D eigenvalue weighted by atomic mass is 9.90. The first-order chi connectivity index (χ1) is 19.3. The van der Waals surface area contributed by atoms with E-state index in [1.807, 2.05) is 0 Å². The number of fused-ring (bicyclic) bond motifs is 8. The summed E-state index contributed by atoms with van der Waals surface area (Å²) in [6.45, 7) is 0. The number of aromatic amines is 1. The van der Waals surface area contributed by atoms with Crippen molar-refractivity contribution in [2.45, 2.75) is 0 Å². The number of H-pyrrole nitrogens is 1. The SMILES string of the molecule is c1ccc(C2=C3C(=C(c4cc5ccccc5[nH]4)c4cc5ccccc5cc43)c3cc4ccccc4cc32)cc1. The second-order valence-corrected chi connectivity index (χ2v) is 10.6. The fourth-order valence-electron chi connectivity index (χ4n) is 6.76. The normalized spacial score (nSPS) is 13.9. The third kappa shape index (κ3) is 2.90. The number of aromatic nitrogens is 1. The second-order valence-electron chi connectivity index (χ2n) is 10.6. The Labute approximate surface area is 226 Å². The Morgan fingerprint density at radius 3 is 1.33 bits per heavy atom. The van der Waals surface area contributed by atoms with E-state index in [0.717, 1.165) is 0 Å². The molecule has 1 aromatic heterocycles. The van der Waals surface area contributed by atoms with Crippen LogP contribution >= 0.6 is 0 Å². The minimum atomic E-state index is 1.17. The lowest BCUT2D eigenvalue weighted by Crippen LogP contribution is -1.93.